The quantitative estimate of drug-likeness (QED) is 0.0468. The zero-order chi connectivity index (χ0) is 52.0. The maximum Gasteiger partial charge on any atom is 0.252 e. The topological polar surface area (TPSA) is 234 Å². The fourth-order valence-electron chi connectivity index (χ4n) is 8.32. The minimum absolute atomic E-state index is 0.0202. The number of ether oxygens (including phenoxy) is 4. The van der Waals surface area contributed by atoms with Crippen LogP contribution in [0.15, 0.2) is 82.6 Å². The molecule has 0 spiro atoms. The number of fused-ring (bicyclic) bond motifs is 2. The summed E-state index contributed by atoms with van der Waals surface area (Å²) in [6, 6.07) is 20.7. The Balaban J connectivity index is 0.754. The Kier molecular flexibility index (Phi) is 21.9. The Morgan fingerprint density at radius 3 is 1.24 bits per heavy atom. The van der Waals surface area contributed by atoms with Crippen molar-refractivity contribution >= 4 is 78.3 Å². The van der Waals surface area contributed by atoms with Gasteiger partial charge in [0.1, 0.15) is 0 Å². The van der Waals surface area contributed by atoms with E-state index >= 15 is 0 Å². The van der Waals surface area contributed by atoms with Gasteiger partial charge in [0.25, 0.3) is 11.8 Å². The number of rotatable bonds is 27. The monoisotopic (exact) mass is 1120 g/mol. The van der Waals surface area contributed by atoms with Gasteiger partial charge in [-0.15, -0.1) is 0 Å². The number of aliphatic hydroxyl groups excluding tert-OH is 2. The number of likely N-dealkylation sites (N-methyl/N-ethyl adjacent to an activating group) is 2. The largest absolute Gasteiger partial charge is 0.380 e. The molecule has 4 atom stereocenters. The van der Waals surface area contributed by atoms with E-state index in [1.165, 1.54) is 0 Å². The minimum Gasteiger partial charge on any atom is -0.380 e. The van der Waals surface area contributed by atoms with Crippen molar-refractivity contribution in [2.45, 2.75) is 46.9 Å². The van der Waals surface area contributed by atoms with E-state index in [4.69, 9.17) is 65.4 Å². The molecule has 394 valence electrons. The zero-order valence-corrected chi connectivity index (χ0v) is 44.4. The van der Waals surface area contributed by atoms with Crippen LogP contribution in [0.4, 0.5) is 0 Å². The Labute approximate surface area is 440 Å². The summed E-state index contributed by atoms with van der Waals surface area (Å²) in [5.41, 5.74) is 5.93. The van der Waals surface area contributed by atoms with Crippen molar-refractivity contribution < 1.29 is 55.6 Å². The second-order valence-electron chi connectivity index (χ2n) is 17.3. The molecule has 0 fully saturated rings. The Morgan fingerprint density at radius 2 is 0.889 bits per heavy atom. The molecule has 2 aliphatic heterocycles. The molecule has 4 aromatic carbocycles. The molecule has 2 aliphatic rings. The first-order chi connectivity index (χ1) is 34.3. The van der Waals surface area contributed by atoms with Crippen LogP contribution in [0.1, 0.15) is 45.2 Å². The van der Waals surface area contributed by atoms with Gasteiger partial charge in [0.05, 0.1) is 62.6 Å². The average molecular weight is 1120 g/mol. The van der Waals surface area contributed by atoms with Crippen LogP contribution >= 0.6 is 46.4 Å². The van der Waals surface area contributed by atoms with Crippen molar-refractivity contribution in [2.75, 3.05) is 106 Å². The molecule has 0 aliphatic carbocycles. The van der Waals surface area contributed by atoms with Crippen molar-refractivity contribution in [3.8, 4) is 0 Å². The predicted octanol–water partition coefficient (Wildman–Crippen LogP) is 3.73. The van der Waals surface area contributed by atoms with E-state index in [2.05, 4.69) is 29.9 Å². The third kappa shape index (κ3) is 16.2. The molecule has 0 bridgehead atoms. The van der Waals surface area contributed by atoms with Crippen molar-refractivity contribution in [2.24, 2.45) is 0 Å². The van der Waals surface area contributed by atoms with E-state index in [1.54, 1.807) is 60.7 Å². The van der Waals surface area contributed by atoms with Gasteiger partial charge in [-0.2, -0.15) is 0 Å². The molecule has 0 aromatic heterocycles. The summed E-state index contributed by atoms with van der Waals surface area (Å²) in [6.07, 6.45) is -4.09. The van der Waals surface area contributed by atoms with Crippen LogP contribution in [-0.2, 0) is 61.7 Å². The van der Waals surface area contributed by atoms with Gasteiger partial charge < -0.3 is 49.6 Å². The highest BCUT2D eigenvalue weighted by Crippen LogP contribution is 2.40. The second-order valence-corrected chi connectivity index (χ2v) is 22.5. The highest BCUT2D eigenvalue weighted by atomic mass is 35.5. The first kappa shape index (κ1) is 57.8. The molecule has 2 heterocycles. The molecular formula is C48H60Cl4N6O12S2. The third-order valence-electron chi connectivity index (χ3n) is 11.9. The summed E-state index contributed by atoms with van der Waals surface area (Å²) in [5.74, 6) is -2.03. The molecule has 6 N–H and O–H groups in total. The molecule has 2 amide bonds. The van der Waals surface area contributed by atoms with E-state index in [0.29, 0.717) is 33.2 Å². The van der Waals surface area contributed by atoms with Crippen LogP contribution in [0.3, 0.4) is 0 Å². The number of carbonyl (C=O) groups is 2. The number of hydrogen-bond donors (Lipinski definition) is 6. The maximum absolute atomic E-state index is 12.9. The zero-order valence-electron chi connectivity index (χ0n) is 39.8. The SMILES string of the molecule is CN1Cc2c(Cl)cc(Cl)cc2C(c2ccc(S(=O)(=O)NCCOCCOCCNC(=O)[C@H](O)[C@@H](O)C(=O)NCCOCCOCCNS(=O)(=O)c3ccc(C4CN(C)Cc5c(Cl)cc(Cl)cc54)cc3)cc2)C1. The summed E-state index contributed by atoms with van der Waals surface area (Å²) in [6.45, 7) is 3.55. The normalized spacial score (nSPS) is 17.2. The van der Waals surface area contributed by atoms with E-state index in [0.717, 1.165) is 46.5 Å². The van der Waals surface area contributed by atoms with Gasteiger partial charge in [-0.1, -0.05) is 70.7 Å². The Morgan fingerprint density at radius 1 is 0.556 bits per heavy atom. The lowest BCUT2D eigenvalue weighted by Gasteiger charge is -2.33. The molecular weight excluding hydrogens is 1060 g/mol. The van der Waals surface area contributed by atoms with Crippen molar-refractivity contribution in [1.82, 2.24) is 29.9 Å². The van der Waals surface area contributed by atoms with Gasteiger partial charge >= 0.3 is 0 Å². The number of nitrogens with one attached hydrogen (secondary N) is 4. The van der Waals surface area contributed by atoms with Crippen LogP contribution in [0.25, 0.3) is 0 Å². The number of hydrogen-bond acceptors (Lipinski definition) is 14. The van der Waals surface area contributed by atoms with Crippen molar-refractivity contribution in [3.63, 3.8) is 0 Å². The number of halogens is 4. The van der Waals surface area contributed by atoms with Crippen LogP contribution < -0.4 is 20.1 Å². The average Bonchev–Trinajstić information content (AvgIpc) is 3.34. The van der Waals surface area contributed by atoms with Gasteiger partial charge in [-0.05, 0) is 96.0 Å². The second kappa shape index (κ2) is 27.3. The standard InChI is InChI=1S/C48H60Cl4N6O12S2/c1-57-27-39(37-23-33(49)25-43(51)41(37)29-57)31-3-7-35(8-4-31)71(63,64)55-13-17-69-21-19-67-15-11-53-47(61)45(59)46(60)48(62)54-12-16-68-20-22-70-18-14-56-72(65,66)36-9-5-32(6-10-36)40-28-58(2)30-42-38(40)24-34(50)26-44(42)52/h3-10,23-26,39-40,45-46,55-56,59-60H,11-22,27-30H2,1-2H3,(H,53,61)(H,54,62)/t39?,40?,45-,46-/m1/s1. The van der Waals surface area contributed by atoms with Gasteiger partial charge in [-0.3, -0.25) is 9.59 Å². The van der Waals surface area contributed by atoms with Crippen molar-refractivity contribution in [3.05, 3.63) is 126 Å². The van der Waals surface area contributed by atoms with E-state index in [-0.39, 0.29) is 101 Å². The fourth-order valence-corrected chi connectivity index (χ4v) is 11.5. The molecule has 72 heavy (non-hydrogen) atoms. The molecule has 0 saturated heterocycles. The highest BCUT2D eigenvalue weighted by molar-refractivity contribution is 7.89. The lowest BCUT2D eigenvalue weighted by atomic mass is 9.85. The molecule has 4 aromatic rings. The fraction of sp³-hybridized carbons (Fsp3) is 0.458. The lowest BCUT2D eigenvalue weighted by Crippen LogP contribution is -2.50. The molecule has 18 nitrogen and oxygen atoms in total. The number of carbonyl (C=O) groups excluding carboxylic acids is 2. The molecule has 0 radical (unpaired) electrons. The Bertz CT molecular complexity index is 2510. The number of benzene rings is 4. The summed E-state index contributed by atoms with van der Waals surface area (Å²) in [7, 11) is -3.60. The van der Waals surface area contributed by atoms with Gasteiger partial charge in [0, 0.05) is 84.3 Å². The number of sulfonamides is 2. The minimum atomic E-state index is -3.80. The van der Waals surface area contributed by atoms with E-state index < -0.39 is 44.1 Å². The number of nitrogens with zero attached hydrogens (tertiary/aromatic N) is 2. The summed E-state index contributed by atoms with van der Waals surface area (Å²) in [5, 5.41) is 27.4. The third-order valence-corrected chi connectivity index (χ3v) is 16.0. The van der Waals surface area contributed by atoms with E-state index in [9.17, 15) is 36.6 Å². The number of aliphatic hydroxyl groups is 2. The first-order valence-corrected chi connectivity index (χ1v) is 27.6. The van der Waals surface area contributed by atoms with Gasteiger partial charge in [-0.25, -0.2) is 26.3 Å². The molecule has 6 rings (SSSR count). The predicted molar refractivity (Wildman–Crippen MR) is 274 cm³/mol. The van der Waals surface area contributed by atoms with Crippen molar-refractivity contribution in [1.29, 1.82) is 0 Å². The number of amides is 2. The van der Waals surface area contributed by atoms with Gasteiger partial charge in [0.2, 0.25) is 20.0 Å². The van der Waals surface area contributed by atoms with Crippen LogP contribution in [0.2, 0.25) is 20.1 Å². The van der Waals surface area contributed by atoms with Crippen LogP contribution in [0, 0.1) is 0 Å². The summed E-state index contributed by atoms with van der Waals surface area (Å²) < 4.78 is 78.4. The first-order valence-electron chi connectivity index (χ1n) is 23.1. The van der Waals surface area contributed by atoms with Gasteiger partial charge in [0.15, 0.2) is 12.2 Å². The molecule has 24 heteroatoms. The summed E-state index contributed by atoms with van der Waals surface area (Å²) >= 11 is 25.6. The van der Waals surface area contributed by atoms with E-state index in [1.807, 2.05) is 26.2 Å². The summed E-state index contributed by atoms with van der Waals surface area (Å²) in [4.78, 5) is 29.1. The lowest BCUT2D eigenvalue weighted by molar-refractivity contribution is -0.146. The maximum atomic E-state index is 12.9. The van der Waals surface area contributed by atoms with Crippen LogP contribution in [0.5, 0.6) is 0 Å². The Hall–Kier alpha value is -3.52. The highest BCUT2D eigenvalue weighted by Gasteiger charge is 2.31. The molecule has 0 saturated carbocycles. The molecule has 2 unspecified atom stereocenters. The smallest absolute Gasteiger partial charge is 0.252 e. The van der Waals surface area contributed by atoms with Crippen LogP contribution in [-0.4, -0.2) is 167 Å².